The number of ether oxygens (including phenoxy) is 2. The number of amides is 4. The number of fused-ring (bicyclic) bond motifs is 3. The standard InChI is InChI=1S/C45H65N9O9S2/c1-27(2)46-43-49-35(26-64-43)34-22-37(31-17-16-29(62-7)20-33(31)47-34)63-30-21-36-39(55)51-45(41(57)58)23-28(45)14-11-9-8-10-12-15-32(40(56)54(36)24-30)48-42(59)50-38(44(3,4)5)25-53-19-13-18-52(6)65(53,60)61/h16-17,20,22,26-28,30,32,36,38H,8-15,18-19,21,23-25H2,1-7H3,(H,46,49)(H,51,55)(H,57,58)(H2,48,50,59)/t28?,30-,32+,36+,38?,45-/m1/s1. The Balaban J connectivity index is 1.18. The fourth-order valence-corrected chi connectivity index (χ4v) is 11.5. The number of carboxylic acids is 1. The van der Waals surface area contributed by atoms with Gasteiger partial charge in [-0.25, -0.2) is 19.6 Å². The SMILES string of the molecule is COc1ccc2c(O[C@@H]3C[C@H]4C(=O)N[C@]5(C(=O)O)CC5CCCCCCC[C@H](NC(=O)NC(CN5CCCN(C)S5(=O)=O)C(C)(C)C)C(=O)N4C3)cc(-c3csc(NC(C)C)n3)nc2c1. The van der Waals surface area contributed by atoms with Crippen LogP contribution in [0.2, 0.25) is 0 Å². The van der Waals surface area contributed by atoms with Crippen molar-refractivity contribution in [3.05, 3.63) is 29.6 Å². The number of anilines is 1. The Morgan fingerprint density at radius 3 is 2.48 bits per heavy atom. The molecule has 1 saturated carbocycles. The summed E-state index contributed by atoms with van der Waals surface area (Å²) in [6.45, 7) is 10.5. The third kappa shape index (κ3) is 10.9. The van der Waals surface area contributed by atoms with Crippen LogP contribution in [0.3, 0.4) is 0 Å². The minimum Gasteiger partial charge on any atom is -0.497 e. The van der Waals surface area contributed by atoms with E-state index in [0.29, 0.717) is 72.6 Å². The molecule has 4 aliphatic rings. The maximum absolute atomic E-state index is 15.0. The highest BCUT2D eigenvalue weighted by molar-refractivity contribution is 7.86. The van der Waals surface area contributed by atoms with Gasteiger partial charge < -0.3 is 40.7 Å². The number of hydrogen-bond acceptors (Lipinski definition) is 12. The van der Waals surface area contributed by atoms with Crippen LogP contribution in [-0.2, 0) is 24.6 Å². The number of benzene rings is 1. The smallest absolute Gasteiger partial charge is 0.329 e. The van der Waals surface area contributed by atoms with Gasteiger partial charge in [0.1, 0.15) is 40.9 Å². The number of aliphatic carboxylic acids is 1. The number of carbonyl (C=O) groups excluding carboxylic acids is 3. The van der Waals surface area contributed by atoms with Gasteiger partial charge in [0.25, 0.3) is 10.2 Å². The molecule has 356 valence electrons. The van der Waals surface area contributed by atoms with E-state index >= 15 is 0 Å². The summed E-state index contributed by atoms with van der Waals surface area (Å²) in [5.41, 5.74) is -0.223. The van der Waals surface area contributed by atoms with Crippen molar-refractivity contribution in [1.29, 1.82) is 0 Å². The first-order chi connectivity index (χ1) is 30.8. The Morgan fingerprint density at radius 1 is 1.03 bits per heavy atom. The molecule has 3 aromatic rings. The first-order valence-electron chi connectivity index (χ1n) is 22.8. The molecule has 3 aliphatic heterocycles. The highest BCUT2D eigenvalue weighted by Crippen LogP contribution is 2.48. The summed E-state index contributed by atoms with van der Waals surface area (Å²) in [6, 6.07) is 3.98. The molecule has 65 heavy (non-hydrogen) atoms. The number of pyridine rings is 1. The summed E-state index contributed by atoms with van der Waals surface area (Å²) >= 11 is 1.45. The lowest BCUT2D eigenvalue weighted by molar-refractivity contribution is -0.145. The molecule has 4 amide bonds. The summed E-state index contributed by atoms with van der Waals surface area (Å²) in [5.74, 6) is -1.37. The molecule has 1 aliphatic carbocycles. The van der Waals surface area contributed by atoms with E-state index in [1.165, 1.54) is 31.9 Å². The molecule has 6 atom stereocenters. The van der Waals surface area contributed by atoms with E-state index in [4.69, 9.17) is 19.4 Å². The summed E-state index contributed by atoms with van der Waals surface area (Å²) in [6.07, 6.45) is 5.19. The van der Waals surface area contributed by atoms with Crippen molar-refractivity contribution >= 4 is 61.4 Å². The van der Waals surface area contributed by atoms with E-state index < -0.39 is 69.2 Å². The van der Waals surface area contributed by atoms with E-state index in [9.17, 15) is 32.7 Å². The molecule has 18 nitrogen and oxygen atoms in total. The van der Waals surface area contributed by atoms with Gasteiger partial charge in [0.2, 0.25) is 11.8 Å². The van der Waals surface area contributed by atoms with Gasteiger partial charge >= 0.3 is 12.0 Å². The molecule has 5 heterocycles. The lowest BCUT2D eigenvalue weighted by Crippen LogP contribution is -2.60. The second-order valence-electron chi connectivity index (χ2n) is 19.3. The van der Waals surface area contributed by atoms with Crippen LogP contribution in [0, 0.1) is 11.3 Å². The summed E-state index contributed by atoms with van der Waals surface area (Å²) in [4.78, 5) is 67.3. The maximum Gasteiger partial charge on any atom is 0.329 e. The van der Waals surface area contributed by atoms with Crippen molar-refractivity contribution < 1.29 is 42.2 Å². The van der Waals surface area contributed by atoms with Gasteiger partial charge in [-0.3, -0.25) is 9.59 Å². The molecule has 5 N–H and O–H groups in total. The van der Waals surface area contributed by atoms with Crippen molar-refractivity contribution in [3.8, 4) is 22.9 Å². The van der Waals surface area contributed by atoms with Crippen LogP contribution in [0.25, 0.3) is 22.3 Å². The average molecular weight is 940 g/mol. The molecule has 1 aromatic carbocycles. The molecule has 20 heteroatoms. The van der Waals surface area contributed by atoms with Crippen LogP contribution in [0.1, 0.15) is 98.8 Å². The zero-order chi connectivity index (χ0) is 46.8. The third-order valence-electron chi connectivity index (χ3n) is 13.1. The molecule has 2 unspecified atom stereocenters. The van der Waals surface area contributed by atoms with Crippen LogP contribution in [0.4, 0.5) is 9.93 Å². The predicted octanol–water partition coefficient (Wildman–Crippen LogP) is 5.20. The number of aromatic nitrogens is 2. The lowest BCUT2D eigenvalue weighted by atomic mass is 9.86. The Labute approximate surface area is 385 Å². The van der Waals surface area contributed by atoms with E-state index in [2.05, 4.69) is 21.3 Å². The number of carboxylic acid groups (broad SMARTS) is 1. The van der Waals surface area contributed by atoms with Crippen LogP contribution >= 0.6 is 11.3 Å². The molecular weight excluding hydrogens is 875 g/mol. The Bertz CT molecular complexity index is 2360. The van der Waals surface area contributed by atoms with Gasteiger partial charge in [0.05, 0.1) is 24.9 Å². The van der Waals surface area contributed by atoms with Crippen molar-refractivity contribution in [2.75, 3.05) is 45.7 Å². The summed E-state index contributed by atoms with van der Waals surface area (Å²) in [5, 5.41) is 25.8. The first-order valence-corrected chi connectivity index (χ1v) is 25.1. The minimum absolute atomic E-state index is 0.0281. The monoisotopic (exact) mass is 939 g/mol. The topological polar surface area (TPSA) is 225 Å². The van der Waals surface area contributed by atoms with Crippen molar-refractivity contribution in [3.63, 3.8) is 0 Å². The molecule has 3 saturated heterocycles. The van der Waals surface area contributed by atoms with Crippen LogP contribution in [-0.4, -0.2) is 137 Å². The molecule has 0 bridgehead atoms. The largest absolute Gasteiger partial charge is 0.497 e. The van der Waals surface area contributed by atoms with Crippen molar-refractivity contribution in [1.82, 2.24) is 39.4 Å². The number of methoxy groups -OCH3 is 1. The fourth-order valence-electron chi connectivity index (χ4n) is 9.15. The fraction of sp³-hybridized carbons (Fsp3) is 0.644. The van der Waals surface area contributed by atoms with Crippen LogP contribution < -0.4 is 30.7 Å². The van der Waals surface area contributed by atoms with Gasteiger partial charge in [0, 0.05) is 68.1 Å². The summed E-state index contributed by atoms with van der Waals surface area (Å²) < 4.78 is 41.4. The van der Waals surface area contributed by atoms with Crippen molar-refractivity contribution in [2.45, 2.75) is 135 Å². The number of carbonyl (C=O) groups is 4. The van der Waals surface area contributed by atoms with E-state index in [0.717, 1.165) is 30.8 Å². The third-order valence-corrected chi connectivity index (χ3v) is 15.8. The van der Waals surface area contributed by atoms with Gasteiger partial charge in [0.15, 0.2) is 5.13 Å². The molecule has 4 fully saturated rings. The Kier molecular flexibility index (Phi) is 14.5. The van der Waals surface area contributed by atoms with E-state index in [1.54, 1.807) is 25.3 Å². The maximum atomic E-state index is 15.0. The molecule has 7 rings (SSSR count). The number of rotatable bonds is 11. The average Bonchev–Trinajstić information content (AvgIpc) is 3.51. The van der Waals surface area contributed by atoms with Gasteiger partial charge in [-0.1, -0.05) is 52.9 Å². The molecule has 2 aromatic heterocycles. The highest BCUT2D eigenvalue weighted by atomic mass is 32.2. The lowest BCUT2D eigenvalue weighted by Gasteiger charge is -2.39. The number of hydrogen-bond donors (Lipinski definition) is 5. The Morgan fingerprint density at radius 2 is 1.77 bits per heavy atom. The van der Waals surface area contributed by atoms with Crippen molar-refractivity contribution in [2.24, 2.45) is 11.3 Å². The first kappa shape index (κ1) is 48.2. The van der Waals surface area contributed by atoms with Gasteiger partial charge in [-0.2, -0.15) is 17.0 Å². The quantitative estimate of drug-likeness (QED) is 0.167. The zero-order valence-corrected chi connectivity index (χ0v) is 40.1. The van der Waals surface area contributed by atoms with E-state index in [-0.39, 0.29) is 37.9 Å². The molecule has 0 radical (unpaired) electrons. The number of thiazole rings is 1. The minimum atomic E-state index is -3.72. The number of urea groups is 1. The summed E-state index contributed by atoms with van der Waals surface area (Å²) in [7, 11) is -0.605. The molecular formula is C45H65N9O9S2. The highest BCUT2D eigenvalue weighted by Gasteiger charge is 2.62. The second kappa shape index (κ2) is 19.6. The van der Waals surface area contributed by atoms with Crippen LogP contribution in [0.5, 0.6) is 11.5 Å². The molecule has 0 spiro atoms. The zero-order valence-electron chi connectivity index (χ0n) is 38.5. The number of nitrogens with one attached hydrogen (secondary N) is 4. The normalized spacial score (nSPS) is 26.2. The van der Waals surface area contributed by atoms with Crippen LogP contribution in [0.15, 0.2) is 29.6 Å². The number of nitrogens with zero attached hydrogens (tertiary/aromatic N) is 5. The van der Waals surface area contributed by atoms with E-state index in [1.807, 2.05) is 46.1 Å². The second-order valence-corrected chi connectivity index (χ2v) is 22.2. The predicted molar refractivity (Wildman–Crippen MR) is 248 cm³/mol. The van der Waals surface area contributed by atoms with Gasteiger partial charge in [-0.05, 0) is 63.0 Å². The van der Waals surface area contributed by atoms with Gasteiger partial charge in [-0.15, -0.1) is 11.3 Å². The Hall–Kier alpha value is -4.79.